The minimum absolute atomic E-state index is 0.0464. The Kier molecular flexibility index (Phi) is 16.5. The number of rotatable bonds is 10. The molecule has 0 atom stereocenters. The highest BCUT2D eigenvalue weighted by atomic mass is 35.5. The van der Waals surface area contributed by atoms with Crippen molar-refractivity contribution in [3.8, 4) is 0 Å². The van der Waals surface area contributed by atoms with Crippen LogP contribution in [0.3, 0.4) is 0 Å². The molecule has 6 rings (SSSR count). The largest absolute Gasteiger partial charge is 0.400 e. The van der Waals surface area contributed by atoms with Gasteiger partial charge in [-0.1, -0.05) is 97.1 Å². The number of Topliss-reactive ketones (excluding diaryl/α,β-unsaturated/α-hetero) is 2. The highest BCUT2D eigenvalue weighted by Crippen LogP contribution is 2.16. The molecule has 0 aliphatic heterocycles. The minimum atomic E-state index is 0.0464. The lowest BCUT2D eigenvalue weighted by atomic mass is 10.0. The van der Waals surface area contributed by atoms with Crippen molar-refractivity contribution in [2.45, 2.75) is 25.9 Å². The predicted octanol–water partition coefficient (Wildman–Crippen LogP) is 6.48. The van der Waals surface area contributed by atoms with E-state index in [0.29, 0.717) is 25.9 Å². The average molecular weight is 649 g/mol. The van der Waals surface area contributed by atoms with Gasteiger partial charge >= 0.3 is 0 Å². The SMILES string of the molecule is CO.NCc1ccccc1.O=C(CCl)Cc1ccc2cnccc2c1.O=C(CNCc1ccccc1)Cc1ccc2cnccc2c1. The second-order valence-electron chi connectivity index (χ2n) is 10.5. The van der Waals surface area contributed by atoms with Crippen molar-refractivity contribution in [2.24, 2.45) is 5.73 Å². The van der Waals surface area contributed by atoms with Gasteiger partial charge in [-0.25, -0.2) is 0 Å². The number of fused-ring (bicyclic) bond motifs is 2. The number of carbonyl (C=O) groups excluding carboxylic acids is 2. The molecule has 0 saturated carbocycles. The monoisotopic (exact) mass is 648 g/mol. The van der Waals surface area contributed by atoms with Gasteiger partial charge in [0.05, 0.1) is 12.4 Å². The topological polar surface area (TPSA) is 118 Å². The molecule has 2 heterocycles. The Morgan fingerprint density at radius 3 is 1.60 bits per heavy atom. The number of aliphatic hydroxyl groups is 1. The van der Waals surface area contributed by atoms with Crippen molar-refractivity contribution in [1.29, 1.82) is 0 Å². The third-order valence-electron chi connectivity index (χ3n) is 6.93. The zero-order chi connectivity index (χ0) is 33.7. The van der Waals surface area contributed by atoms with E-state index in [1.807, 2.05) is 103 Å². The number of benzene rings is 4. The van der Waals surface area contributed by atoms with Gasteiger partial charge in [0.15, 0.2) is 11.6 Å². The third kappa shape index (κ3) is 13.2. The van der Waals surface area contributed by atoms with E-state index in [4.69, 9.17) is 22.4 Å². The van der Waals surface area contributed by atoms with Gasteiger partial charge < -0.3 is 16.2 Å². The number of carbonyl (C=O) groups is 2. The van der Waals surface area contributed by atoms with Crippen LogP contribution in [0.15, 0.2) is 134 Å². The first-order valence-corrected chi connectivity index (χ1v) is 15.8. The predicted molar refractivity (Wildman–Crippen MR) is 192 cm³/mol. The molecule has 0 unspecified atom stereocenters. The summed E-state index contributed by atoms with van der Waals surface area (Å²) in [6.07, 6.45) is 8.03. The number of pyridine rings is 2. The van der Waals surface area contributed by atoms with Crippen LogP contribution < -0.4 is 11.1 Å². The number of nitrogens with zero attached hydrogens (tertiary/aromatic N) is 2. The summed E-state index contributed by atoms with van der Waals surface area (Å²) in [5.41, 5.74) is 9.77. The van der Waals surface area contributed by atoms with Crippen molar-refractivity contribution < 1.29 is 14.7 Å². The summed E-state index contributed by atoms with van der Waals surface area (Å²) in [6.45, 7) is 1.75. The van der Waals surface area contributed by atoms with E-state index in [0.717, 1.165) is 46.3 Å². The Hall–Kier alpha value is -4.79. The Morgan fingerprint density at radius 1 is 0.638 bits per heavy atom. The van der Waals surface area contributed by atoms with E-state index >= 15 is 0 Å². The Bertz CT molecular complexity index is 1800. The fourth-order valence-corrected chi connectivity index (χ4v) is 4.70. The molecular weight excluding hydrogens is 608 g/mol. The van der Waals surface area contributed by atoms with E-state index in [1.165, 1.54) is 11.1 Å². The van der Waals surface area contributed by atoms with Crippen molar-refractivity contribution in [2.75, 3.05) is 19.5 Å². The quantitative estimate of drug-likeness (QED) is 0.146. The molecule has 0 bridgehead atoms. The van der Waals surface area contributed by atoms with Crippen LogP contribution in [0.1, 0.15) is 22.3 Å². The number of aliphatic hydroxyl groups excluding tert-OH is 1. The zero-order valence-electron chi connectivity index (χ0n) is 26.6. The van der Waals surface area contributed by atoms with E-state index < -0.39 is 0 Å². The molecule has 7 nitrogen and oxygen atoms in total. The fraction of sp³-hybridized carbons (Fsp3) is 0.179. The van der Waals surface area contributed by atoms with E-state index in [1.54, 1.807) is 12.4 Å². The van der Waals surface area contributed by atoms with Crippen LogP contribution in [0.2, 0.25) is 0 Å². The first-order chi connectivity index (χ1) is 23.0. The summed E-state index contributed by atoms with van der Waals surface area (Å²) < 4.78 is 0. The number of hydrogen-bond donors (Lipinski definition) is 3. The molecule has 47 heavy (non-hydrogen) atoms. The highest BCUT2D eigenvalue weighted by Gasteiger charge is 2.05. The maximum Gasteiger partial charge on any atom is 0.151 e. The van der Waals surface area contributed by atoms with Gasteiger partial charge in [0.1, 0.15) is 0 Å². The lowest BCUT2D eigenvalue weighted by molar-refractivity contribution is -0.118. The lowest BCUT2D eigenvalue weighted by Gasteiger charge is -2.05. The second-order valence-corrected chi connectivity index (χ2v) is 10.7. The molecule has 2 aromatic heterocycles. The molecular formula is C39H41ClN4O3. The second kappa shape index (κ2) is 21.1. The summed E-state index contributed by atoms with van der Waals surface area (Å²) in [5, 5.41) is 14.6. The molecule has 0 aliphatic rings. The number of alkyl halides is 1. The van der Waals surface area contributed by atoms with Gasteiger partial charge in [-0.2, -0.15) is 0 Å². The fourth-order valence-electron chi connectivity index (χ4n) is 4.61. The minimum Gasteiger partial charge on any atom is -0.400 e. The van der Waals surface area contributed by atoms with Crippen LogP contribution in [-0.4, -0.2) is 46.2 Å². The molecule has 4 aromatic carbocycles. The van der Waals surface area contributed by atoms with Crippen molar-refractivity contribution >= 4 is 44.7 Å². The van der Waals surface area contributed by atoms with Crippen LogP contribution in [0.4, 0.5) is 0 Å². The van der Waals surface area contributed by atoms with Crippen LogP contribution in [0.25, 0.3) is 21.5 Å². The molecule has 242 valence electrons. The Labute approximate surface area is 281 Å². The average Bonchev–Trinajstić information content (AvgIpc) is 3.13. The molecule has 4 N–H and O–H groups in total. The lowest BCUT2D eigenvalue weighted by Crippen LogP contribution is -2.23. The maximum atomic E-state index is 12.1. The summed E-state index contributed by atoms with van der Waals surface area (Å²) in [4.78, 5) is 31.4. The van der Waals surface area contributed by atoms with E-state index in [9.17, 15) is 9.59 Å². The number of hydrogen-bond acceptors (Lipinski definition) is 7. The summed E-state index contributed by atoms with van der Waals surface area (Å²) in [7, 11) is 1.00. The standard InChI is InChI=1S/C19H18N2O.C12H10ClNO.C7H9N.CH4O/c22-19(14-21-12-15-4-2-1-3-5-15)11-16-6-7-18-13-20-9-8-17(18)10-16;13-7-12(15)6-9-1-2-11-8-14-4-3-10(11)5-9;8-6-7-4-2-1-3-5-7;1-2/h1-10,13,21H,11-12,14H2;1-5,8H,6-7H2;1-5H,6,8H2;2H,1H3. The summed E-state index contributed by atoms with van der Waals surface area (Å²) in [5.74, 6) is 0.323. The smallest absolute Gasteiger partial charge is 0.151 e. The van der Waals surface area contributed by atoms with Crippen molar-refractivity contribution in [1.82, 2.24) is 15.3 Å². The maximum absolute atomic E-state index is 12.1. The van der Waals surface area contributed by atoms with Gasteiger partial charge in [0, 0.05) is 68.6 Å². The van der Waals surface area contributed by atoms with Crippen LogP contribution in [0.5, 0.6) is 0 Å². The third-order valence-corrected chi connectivity index (χ3v) is 7.23. The van der Waals surface area contributed by atoms with Gasteiger partial charge in [-0.3, -0.25) is 19.6 Å². The number of nitrogens with two attached hydrogens (primary N) is 1. The van der Waals surface area contributed by atoms with E-state index in [2.05, 4.69) is 33.5 Å². The van der Waals surface area contributed by atoms with Gasteiger partial charge in [0.25, 0.3) is 0 Å². The number of aromatic nitrogens is 2. The Balaban J connectivity index is 0.000000207. The highest BCUT2D eigenvalue weighted by molar-refractivity contribution is 6.27. The number of nitrogens with one attached hydrogen (secondary N) is 1. The van der Waals surface area contributed by atoms with Gasteiger partial charge in [0.2, 0.25) is 0 Å². The summed E-state index contributed by atoms with van der Waals surface area (Å²) in [6, 6.07) is 36.0. The van der Waals surface area contributed by atoms with E-state index in [-0.39, 0.29) is 17.4 Å². The van der Waals surface area contributed by atoms with Crippen LogP contribution >= 0.6 is 11.6 Å². The molecule has 0 aliphatic carbocycles. The molecule has 0 amide bonds. The molecule has 0 radical (unpaired) electrons. The van der Waals surface area contributed by atoms with Gasteiger partial charge in [-0.05, 0) is 45.2 Å². The van der Waals surface area contributed by atoms with Crippen LogP contribution in [0, 0.1) is 0 Å². The molecule has 0 spiro atoms. The summed E-state index contributed by atoms with van der Waals surface area (Å²) >= 11 is 5.46. The molecule has 8 heteroatoms. The molecule has 0 saturated heterocycles. The van der Waals surface area contributed by atoms with Crippen LogP contribution in [-0.2, 0) is 35.5 Å². The van der Waals surface area contributed by atoms with Crippen molar-refractivity contribution in [3.63, 3.8) is 0 Å². The van der Waals surface area contributed by atoms with Crippen molar-refractivity contribution in [3.05, 3.63) is 156 Å². The first kappa shape index (κ1) is 36.7. The molecule has 6 aromatic rings. The zero-order valence-corrected chi connectivity index (χ0v) is 27.3. The normalized spacial score (nSPS) is 10.0. The Morgan fingerprint density at radius 2 is 1.13 bits per heavy atom. The first-order valence-electron chi connectivity index (χ1n) is 15.2. The van der Waals surface area contributed by atoms with Gasteiger partial charge in [-0.15, -0.1) is 11.6 Å². The number of ketones is 2. The molecule has 0 fully saturated rings. The number of halogens is 1.